The maximum atomic E-state index is 11.6. The number of benzene rings is 1. The molecule has 208 valence electrons. The number of aliphatic hydroxyl groups is 6. The first-order valence-corrected chi connectivity index (χ1v) is 12.3. The molecule has 0 aliphatic rings. The highest BCUT2D eigenvalue weighted by molar-refractivity contribution is 5.67. The molecule has 4 atom stereocenters. The van der Waals surface area contributed by atoms with Crippen LogP contribution in [0.15, 0.2) is 24.3 Å². The van der Waals surface area contributed by atoms with Gasteiger partial charge in [-0.1, -0.05) is 12.1 Å². The van der Waals surface area contributed by atoms with Gasteiger partial charge in [-0.15, -0.1) is 0 Å². The molecule has 0 saturated heterocycles. The van der Waals surface area contributed by atoms with Crippen LogP contribution in [0.3, 0.4) is 0 Å². The predicted molar refractivity (Wildman–Crippen MR) is 134 cm³/mol. The molecule has 0 aliphatic heterocycles. The number of nitrogens with one attached hydrogen (secondary N) is 1. The second-order valence-electron chi connectivity index (χ2n) is 9.77. The zero-order chi connectivity index (χ0) is 27.1. The first-order valence-electron chi connectivity index (χ1n) is 12.3. The van der Waals surface area contributed by atoms with E-state index in [1.54, 1.807) is 4.90 Å². The number of unbranched alkanes of at least 4 members (excludes halogenated alkanes) is 1. The van der Waals surface area contributed by atoms with E-state index < -0.39 is 49.3 Å². The van der Waals surface area contributed by atoms with Gasteiger partial charge in [0.1, 0.15) is 30.2 Å². The third kappa shape index (κ3) is 13.9. The third-order valence-corrected chi connectivity index (χ3v) is 5.31. The Kier molecular flexibility index (Phi) is 14.9. The number of carbonyl (C=O) groups is 1. The van der Waals surface area contributed by atoms with E-state index in [1.165, 1.54) is 0 Å². The molecule has 0 aromatic heterocycles. The summed E-state index contributed by atoms with van der Waals surface area (Å²) in [5.41, 5.74) is 0.614. The van der Waals surface area contributed by atoms with Gasteiger partial charge in [0.15, 0.2) is 0 Å². The number of hydrogen-bond donors (Lipinski definition) is 7. The average molecular weight is 517 g/mol. The van der Waals surface area contributed by atoms with Gasteiger partial charge in [-0.05, 0) is 57.7 Å². The Morgan fingerprint density at radius 3 is 1.97 bits per heavy atom. The van der Waals surface area contributed by atoms with Crippen molar-refractivity contribution < 1.29 is 44.9 Å². The molecule has 0 aliphatic carbocycles. The molecule has 36 heavy (non-hydrogen) atoms. The van der Waals surface area contributed by atoms with E-state index in [2.05, 4.69) is 5.32 Å². The predicted octanol–water partition coefficient (Wildman–Crippen LogP) is -0.357. The fourth-order valence-electron chi connectivity index (χ4n) is 3.28. The minimum absolute atomic E-state index is 0.0674. The molecule has 1 amide bonds. The van der Waals surface area contributed by atoms with Crippen molar-refractivity contribution in [1.82, 2.24) is 10.2 Å². The SMILES string of the molecule is CC(C)(C)OC(=O)NCCCCc1ccc(OCCN(C[C@@H](O)[C@@H](O)CO)C[C@@H](O)[C@@H](O)CO)cc1. The second kappa shape index (κ2) is 16.7. The Hall–Kier alpha value is -1.99. The number of nitrogens with zero attached hydrogens (tertiary/aromatic N) is 1. The topological polar surface area (TPSA) is 172 Å². The summed E-state index contributed by atoms with van der Waals surface area (Å²) in [5.74, 6) is 0.636. The summed E-state index contributed by atoms with van der Waals surface area (Å²) in [7, 11) is 0. The fourth-order valence-corrected chi connectivity index (χ4v) is 3.28. The number of ether oxygens (including phenoxy) is 2. The van der Waals surface area contributed by atoms with Gasteiger partial charge in [-0.2, -0.15) is 0 Å². The number of hydrogen-bond acceptors (Lipinski definition) is 10. The molecule has 0 saturated carbocycles. The molecule has 0 radical (unpaired) electrons. The minimum Gasteiger partial charge on any atom is -0.492 e. The largest absolute Gasteiger partial charge is 0.492 e. The number of amides is 1. The number of rotatable bonds is 17. The molecule has 0 unspecified atom stereocenters. The zero-order valence-corrected chi connectivity index (χ0v) is 21.5. The van der Waals surface area contributed by atoms with Crippen molar-refractivity contribution in [3.8, 4) is 5.75 Å². The molecule has 0 spiro atoms. The van der Waals surface area contributed by atoms with Gasteiger partial charge < -0.3 is 45.4 Å². The van der Waals surface area contributed by atoms with Crippen molar-refractivity contribution in [1.29, 1.82) is 0 Å². The summed E-state index contributed by atoms with van der Waals surface area (Å²) in [4.78, 5) is 13.2. The molecular weight excluding hydrogens is 472 g/mol. The highest BCUT2D eigenvalue weighted by Gasteiger charge is 2.24. The van der Waals surface area contributed by atoms with Gasteiger partial charge in [-0.3, -0.25) is 4.90 Å². The lowest BCUT2D eigenvalue weighted by molar-refractivity contribution is -0.0551. The van der Waals surface area contributed by atoms with Crippen molar-refractivity contribution in [2.45, 2.75) is 70.1 Å². The summed E-state index contributed by atoms with van der Waals surface area (Å²) < 4.78 is 10.9. The van der Waals surface area contributed by atoms with E-state index in [0.29, 0.717) is 12.3 Å². The van der Waals surface area contributed by atoms with Crippen LogP contribution in [0, 0.1) is 0 Å². The van der Waals surface area contributed by atoms with Crippen molar-refractivity contribution >= 4 is 6.09 Å². The van der Waals surface area contributed by atoms with Crippen LogP contribution in [0.4, 0.5) is 4.79 Å². The van der Waals surface area contributed by atoms with Crippen LogP contribution in [-0.2, 0) is 11.2 Å². The number of carbonyl (C=O) groups excluding carboxylic acids is 1. The van der Waals surface area contributed by atoms with Gasteiger partial charge >= 0.3 is 6.09 Å². The molecule has 0 bridgehead atoms. The minimum atomic E-state index is -1.34. The lowest BCUT2D eigenvalue weighted by atomic mass is 10.1. The molecular formula is C25H44N2O9. The first kappa shape index (κ1) is 32.0. The Bertz CT molecular complexity index is 709. The molecule has 1 aromatic rings. The second-order valence-corrected chi connectivity index (χ2v) is 9.77. The lowest BCUT2D eigenvalue weighted by Gasteiger charge is -2.29. The maximum Gasteiger partial charge on any atom is 0.407 e. The Morgan fingerprint density at radius 2 is 1.47 bits per heavy atom. The lowest BCUT2D eigenvalue weighted by Crippen LogP contribution is -2.47. The highest BCUT2D eigenvalue weighted by atomic mass is 16.6. The van der Waals surface area contributed by atoms with Gasteiger partial charge in [-0.25, -0.2) is 4.79 Å². The van der Waals surface area contributed by atoms with Crippen LogP contribution in [0.25, 0.3) is 0 Å². The Labute approximate surface area is 213 Å². The smallest absolute Gasteiger partial charge is 0.407 e. The summed E-state index contributed by atoms with van der Waals surface area (Å²) in [6.45, 7) is 5.11. The molecule has 1 aromatic carbocycles. The van der Waals surface area contributed by atoms with Crippen molar-refractivity contribution in [2.75, 3.05) is 46.0 Å². The molecule has 11 nitrogen and oxygen atoms in total. The monoisotopic (exact) mass is 516 g/mol. The zero-order valence-electron chi connectivity index (χ0n) is 21.5. The van der Waals surface area contributed by atoms with Crippen LogP contribution < -0.4 is 10.1 Å². The maximum absolute atomic E-state index is 11.6. The van der Waals surface area contributed by atoms with Crippen LogP contribution in [0.1, 0.15) is 39.2 Å². The molecule has 0 fully saturated rings. The number of aliphatic hydroxyl groups excluding tert-OH is 6. The number of alkyl carbamates (subject to hydrolysis) is 1. The van der Waals surface area contributed by atoms with Crippen molar-refractivity contribution in [3.63, 3.8) is 0 Å². The summed E-state index contributed by atoms with van der Waals surface area (Å²) >= 11 is 0. The molecule has 7 N–H and O–H groups in total. The van der Waals surface area contributed by atoms with Gasteiger partial charge in [0.2, 0.25) is 0 Å². The van der Waals surface area contributed by atoms with Gasteiger partial charge in [0.25, 0.3) is 0 Å². The summed E-state index contributed by atoms with van der Waals surface area (Å²) in [5, 5.41) is 60.0. The Balaban J connectivity index is 2.43. The van der Waals surface area contributed by atoms with E-state index in [-0.39, 0.29) is 26.2 Å². The van der Waals surface area contributed by atoms with Crippen molar-refractivity contribution in [3.05, 3.63) is 29.8 Å². The van der Waals surface area contributed by atoms with Crippen LogP contribution in [-0.4, -0.2) is 118 Å². The first-order chi connectivity index (χ1) is 16.9. The van der Waals surface area contributed by atoms with E-state index >= 15 is 0 Å². The fraction of sp³-hybridized carbons (Fsp3) is 0.720. The number of aryl methyl sites for hydroxylation is 1. The normalized spacial score (nSPS) is 15.3. The van der Waals surface area contributed by atoms with Crippen LogP contribution in [0.5, 0.6) is 5.75 Å². The molecule has 1 rings (SSSR count). The van der Waals surface area contributed by atoms with Crippen LogP contribution in [0.2, 0.25) is 0 Å². The van der Waals surface area contributed by atoms with Gasteiger partial charge in [0, 0.05) is 26.2 Å². The Morgan fingerprint density at radius 1 is 0.917 bits per heavy atom. The quantitative estimate of drug-likeness (QED) is 0.136. The molecule has 11 heteroatoms. The molecule has 0 heterocycles. The van der Waals surface area contributed by atoms with E-state index in [1.807, 2.05) is 45.0 Å². The van der Waals surface area contributed by atoms with E-state index in [4.69, 9.17) is 19.7 Å². The summed E-state index contributed by atoms with van der Waals surface area (Å²) in [6.07, 6.45) is -3.04. The highest BCUT2D eigenvalue weighted by Crippen LogP contribution is 2.14. The van der Waals surface area contributed by atoms with E-state index in [9.17, 15) is 25.2 Å². The average Bonchev–Trinajstić information content (AvgIpc) is 2.82. The van der Waals surface area contributed by atoms with Gasteiger partial charge in [0.05, 0.1) is 25.4 Å². The standard InChI is InChI=1S/C25H44N2O9/c1-25(2,3)36-24(34)26-11-5-4-6-18-7-9-19(10-8-18)35-13-12-27(14-20(30)22(32)16-28)15-21(31)23(33)17-29/h7-10,20-23,28-33H,4-6,11-17H2,1-3H3,(H,26,34)/t20-,21-,22+,23+/m1/s1. The van der Waals surface area contributed by atoms with Crippen molar-refractivity contribution in [2.24, 2.45) is 0 Å². The van der Waals surface area contributed by atoms with Crippen LogP contribution >= 0.6 is 0 Å². The summed E-state index contributed by atoms with van der Waals surface area (Å²) in [6, 6.07) is 7.59. The van der Waals surface area contributed by atoms with E-state index in [0.717, 1.165) is 24.8 Å². The third-order valence-electron chi connectivity index (χ3n) is 5.31.